The molecule has 0 fully saturated rings. The maximum atomic E-state index is 13.0. The number of hydrogen-bond donors (Lipinski definition) is 1. The normalized spacial score (nSPS) is 15.4. The quantitative estimate of drug-likeness (QED) is 0.712. The molecule has 126 valence electrons. The molecule has 5 nitrogen and oxygen atoms in total. The number of rotatable bonds is 2. The van der Waals surface area contributed by atoms with E-state index in [0.717, 1.165) is 28.8 Å². The second-order valence-electron chi connectivity index (χ2n) is 6.40. The van der Waals surface area contributed by atoms with Gasteiger partial charge in [0.15, 0.2) is 11.5 Å². The summed E-state index contributed by atoms with van der Waals surface area (Å²) < 4.78 is 10.7. The van der Waals surface area contributed by atoms with Crippen molar-refractivity contribution in [3.05, 3.63) is 46.0 Å². The summed E-state index contributed by atoms with van der Waals surface area (Å²) in [6.45, 7) is 0.188. The number of hydrogen-bond acceptors (Lipinski definition) is 6. The van der Waals surface area contributed by atoms with Crippen LogP contribution in [-0.4, -0.2) is 17.6 Å². The van der Waals surface area contributed by atoms with Crippen LogP contribution in [-0.2, 0) is 12.8 Å². The average molecular weight is 352 g/mol. The molecule has 6 heteroatoms. The van der Waals surface area contributed by atoms with Crippen LogP contribution in [0.1, 0.15) is 39.3 Å². The van der Waals surface area contributed by atoms with Crippen LogP contribution in [0.3, 0.4) is 0 Å². The van der Waals surface area contributed by atoms with E-state index in [0.29, 0.717) is 27.6 Å². The van der Waals surface area contributed by atoms with Gasteiger partial charge in [0.05, 0.1) is 5.69 Å². The van der Waals surface area contributed by atoms with Crippen LogP contribution < -0.4 is 15.2 Å². The average Bonchev–Trinajstić information content (AvgIpc) is 3.23. The minimum Gasteiger partial charge on any atom is -0.454 e. The van der Waals surface area contributed by atoms with E-state index >= 15 is 0 Å². The van der Waals surface area contributed by atoms with Crippen LogP contribution >= 0.6 is 11.3 Å². The first-order valence-electron chi connectivity index (χ1n) is 8.36. The molecule has 25 heavy (non-hydrogen) atoms. The van der Waals surface area contributed by atoms with E-state index in [1.54, 1.807) is 18.2 Å². The third-order valence-corrected chi connectivity index (χ3v) is 5.95. The zero-order chi connectivity index (χ0) is 17.0. The Morgan fingerprint density at radius 2 is 1.96 bits per heavy atom. The number of aryl methyl sites for hydroxylation is 2. The molecule has 0 saturated carbocycles. The van der Waals surface area contributed by atoms with Crippen molar-refractivity contribution in [3.8, 4) is 11.5 Å². The van der Waals surface area contributed by atoms with E-state index < -0.39 is 0 Å². The molecule has 3 heterocycles. The fourth-order valence-corrected chi connectivity index (χ4v) is 4.56. The number of ketones is 1. The van der Waals surface area contributed by atoms with Crippen molar-refractivity contribution >= 4 is 33.0 Å². The van der Waals surface area contributed by atoms with Crippen LogP contribution in [0.5, 0.6) is 11.5 Å². The monoisotopic (exact) mass is 352 g/mol. The highest BCUT2D eigenvalue weighted by Crippen LogP contribution is 2.38. The molecular formula is C19H16N2O3S. The fraction of sp³-hybridized carbons (Fsp3) is 0.263. The summed E-state index contributed by atoms with van der Waals surface area (Å²) in [4.78, 5) is 19.1. The van der Waals surface area contributed by atoms with Crippen molar-refractivity contribution in [2.24, 2.45) is 0 Å². The minimum atomic E-state index is -0.100. The molecule has 1 aromatic carbocycles. The van der Waals surface area contributed by atoms with Gasteiger partial charge in [-0.3, -0.25) is 4.79 Å². The minimum absolute atomic E-state index is 0.100. The maximum absolute atomic E-state index is 13.0. The largest absolute Gasteiger partial charge is 0.454 e. The smallest absolute Gasteiger partial charge is 0.231 e. The molecule has 0 amide bonds. The molecule has 0 saturated heterocycles. The number of pyridine rings is 1. The second kappa shape index (κ2) is 5.46. The lowest BCUT2D eigenvalue weighted by Gasteiger charge is -2.14. The van der Waals surface area contributed by atoms with Gasteiger partial charge in [0.25, 0.3) is 0 Å². The Balaban J connectivity index is 1.60. The van der Waals surface area contributed by atoms with Crippen molar-refractivity contribution in [2.75, 3.05) is 12.5 Å². The highest BCUT2D eigenvalue weighted by Gasteiger charge is 2.23. The lowest BCUT2D eigenvalue weighted by Crippen LogP contribution is -2.05. The Morgan fingerprint density at radius 1 is 1.12 bits per heavy atom. The highest BCUT2D eigenvalue weighted by molar-refractivity contribution is 7.21. The van der Waals surface area contributed by atoms with E-state index in [4.69, 9.17) is 20.2 Å². The number of benzene rings is 1. The number of fused-ring (bicyclic) bond motifs is 3. The molecule has 1 aliphatic heterocycles. The van der Waals surface area contributed by atoms with Crippen molar-refractivity contribution in [2.45, 2.75) is 25.7 Å². The number of carbonyl (C=O) groups is 1. The lowest BCUT2D eigenvalue weighted by molar-refractivity contribution is 0.104. The number of anilines is 1. The fourth-order valence-electron chi connectivity index (χ4n) is 3.50. The molecule has 0 radical (unpaired) electrons. The van der Waals surface area contributed by atoms with Crippen molar-refractivity contribution in [1.82, 2.24) is 4.98 Å². The van der Waals surface area contributed by atoms with Gasteiger partial charge in [0.1, 0.15) is 9.71 Å². The summed E-state index contributed by atoms with van der Waals surface area (Å²) in [5.74, 6) is 1.16. The summed E-state index contributed by atoms with van der Waals surface area (Å²) in [5, 5.41) is 0.898. The Kier molecular flexibility index (Phi) is 3.21. The predicted molar refractivity (Wildman–Crippen MR) is 96.7 cm³/mol. The van der Waals surface area contributed by atoms with E-state index in [1.165, 1.54) is 29.7 Å². The zero-order valence-corrected chi connectivity index (χ0v) is 14.3. The number of aromatic nitrogens is 1. The molecule has 2 N–H and O–H groups in total. The maximum Gasteiger partial charge on any atom is 0.231 e. The van der Waals surface area contributed by atoms with E-state index in [2.05, 4.69) is 6.07 Å². The molecular weight excluding hydrogens is 336 g/mol. The third-order valence-electron chi connectivity index (χ3n) is 4.84. The first kappa shape index (κ1) is 14.7. The summed E-state index contributed by atoms with van der Waals surface area (Å²) >= 11 is 1.38. The van der Waals surface area contributed by atoms with Crippen LogP contribution in [0.2, 0.25) is 0 Å². The molecule has 5 rings (SSSR count). The summed E-state index contributed by atoms with van der Waals surface area (Å²) in [6.07, 6.45) is 4.41. The van der Waals surface area contributed by atoms with Gasteiger partial charge in [-0.15, -0.1) is 11.3 Å². The first-order valence-corrected chi connectivity index (χ1v) is 9.17. The first-order chi connectivity index (χ1) is 12.2. The predicted octanol–water partition coefficient (Wildman–Crippen LogP) is 3.72. The Bertz CT molecular complexity index is 1030. The summed E-state index contributed by atoms with van der Waals surface area (Å²) in [7, 11) is 0. The number of thiophene rings is 1. The SMILES string of the molecule is Nc1c(C(=O)c2ccc3c(c2)OCO3)sc2nc3c(cc12)CCCC3. The van der Waals surface area contributed by atoms with E-state index in [9.17, 15) is 4.79 Å². The summed E-state index contributed by atoms with van der Waals surface area (Å²) in [6, 6.07) is 7.35. The van der Waals surface area contributed by atoms with Crippen LogP contribution in [0.4, 0.5) is 5.69 Å². The number of nitrogens with two attached hydrogens (primary N) is 1. The molecule has 0 spiro atoms. The highest BCUT2D eigenvalue weighted by atomic mass is 32.1. The molecule has 2 aromatic heterocycles. The van der Waals surface area contributed by atoms with Gasteiger partial charge >= 0.3 is 0 Å². The van der Waals surface area contributed by atoms with Crippen LogP contribution in [0.25, 0.3) is 10.2 Å². The number of nitrogens with zero attached hydrogens (tertiary/aromatic N) is 1. The van der Waals surface area contributed by atoms with Crippen molar-refractivity contribution in [1.29, 1.82) is 0 Å². The zero-order valence-electron chi connectivity index (χ0n) is 13.5. The summed E-state index contributed by atoms with van der Waals surface area (Å²) in [5.41, 5.74) is 9.82. The topological polar surface area (TPSA) is 74.4 Å². The Morgan fingerprint density at radius 3 is 2.88 bits per heavy atom. The second-order valence-corrected chi connectivity index (χ2v) is 7.40. The Labute approximate surface area is 148 Å². The van der Waals surface area contributed by atoms with Gasteiger partial charge in [0.2, 0.25) is 12.6 Å². The van der Waals surface area contributed by atoms with Gasteiger partial charge in [0, 0.05) is 16.6 Å². The number of nitrogen functional groups attached to an aromatic ring is 1. The molecule has 0 bridgehead atoms. The van der Waals surface area contributed by atoms with E-state index in [1.807, 2.05) is 0 Å². The lowest BCUT2D eigenvalue weighted by atomic mass is 9.95. The molecule has 2 aliphatic rings. The molecule has 0 atom stereocenters. The Hall–Kier alpha value is -2.60. The van der Waals surface area contributed by atoms with Gasteiger partial charge in [-0.05, 0) is 55.5 Å². The van der Waals surface area contributed by atoms with Crippen LogP contribution in [0.15, 0.2) is 24.3 Å². The van der Waals surface area contributed by atoms with Gasteiger partial charge in [-0.2, -0.15) is 0 Å². The van der Waals surface area contributed by atoms with Gasteiger partial charge in [-0.25, -0.2) is 4.98 Å². The number of carbonyl (C=O) groups excluding carboxylic acids is 1. The molecule has 0 unspecified atom stereocenters. The number of ether oxygens (including phenoxy) is 2. The van der Waals surface area contributed by atoms with Crippen LogP contribution in [0, 0.1) is 0 Å². The molecule has 3 aromatic rings. The van der Waals surface area contributed by atoms with Crippen molar-refractivity contribution < 1.29 is 14.3 Å². The van der Waals surface area contributed by atoms with Gasteiger partial charge in [-0.1, -0.05) is 0 Å². The van der Waals surface area contributed by atoms with Crippen molar-refractivity contribution in [3.63, 3.8) is 0 Å². The molecule has 1 aliphatic carbocycles. The van der Waals surface area contributed by atoms with Gasteiger partial charge < -0.3 is 15.2 Å². The third kappa shape index (κ3) is 2.28. The standard InChI is InChI=1S/C19H16N2O3S/c20-16-12-7-10-3-1-2-4-13(10)21-19(12)25-18(16)17(22)11-5-6-14-15(8-11)24-9-23-14/h5-8H,1-4,9,20H2. The van der Waals surface area contributed by atoms with E-state index in [-0.39, 0.29) is 12.6 Å².